The Labute approximate surface area is 156 Å². The zero-order chi connectivity index (χ0) is 18.1. The third-order valence-electron chi connectivity index (χ3n) is 5.33. The Kier molecular flexibility index (Phi) is 4.51. The van der Waals surface area contributed by atoms with Crippen molar-refractivity contribution in [1.29, 1.82) is 0 Å². The molecule has 0 bridgehead atoms. The van der Waals surface area contributed by atoms with E-state index in [1.807, 2.05) is 0 Å². The van der Waals surface area contributed by atoms with Crippen LogP contribution in [0.3, 0.4) is 0 Å². The Morgan fingerprint density at radius 2 is 1.42 bits per heavy atom. The van der Waals surface area contributed by atoms with E-state index >= 15 is 0 Å². The molecule has 0 unspecified atom stereocenters. The maximum Gasteiger partial charge on any atom is -0.00139 e. The van der Waals surface area contributed by atoms with Crippen molar-refractivity contribution in [3.8, 4) is 0 Å². The quantitative estimate of drug-likeness (QED) is 0.471. The summed E-state index contributed by atoms with van der Waals surface area (Å²) in [6, 6.07) is 22.4. The third kappa shape index (κ3) is 3.37. The highest BCUT2D eigenvalue weighted by atomic mass is 14.2. The molecule has 4 rings (SSSR count). The van der Waals surface area contributed by atoms with Crippen LogP contribution in [-0.4, -0.2) is 0 Å². The van der Waals surface area contributed by atoms with Gasteiger partial charge in [-0.3, -0.25) is 0 Å². The van der Waals surface area contributed by atoms with Gasteiger partial charge in [0.1, 0.15) is 0 Å². The van der Waals surface area contributed by atoms with Crippen molar-refractivity contribution < 1.29 is 0 Å². The fourth-order valence-corrected chi connectivity index (χ4v) is 3.87. The SMILES string of the molecule is Cc1cc(C2=CC=C(c3ccc4ccccc4c3)C2)ccc1CC(C)C. The average Bonchev–Trinajstić information content (AvgIpc) is 3.13. The van der Waals surface area contributed by atoms with Crippen LogP contribution >= 0.6 is 0 Å². The molecular weight excluding hydrogens is 312 g/mol. The van der Waals surface area contributed by atoms with Crippen LogP contribution in [0.1, 0.15) is 42.5 Å². The van der Waals surface area contributed by atoms with Gasteiger partial charge in [-0.05, 0) is 75.9 Å². The zero-order valence-electron chi connectivity index (χ0n) is 15.9. The molecule has 0 saturated heterocycles. The standard InChI is InChI=1S/C26H26/c1-18(2)14-21-9-11-23(15-19(21)3)24-12-13-26(17-24)25-10-8-20-6-4-5-7-22(20)16-25/h4-13,15-16,18H,14,17H2,1-3H3. The van der Waals surface area contributed by atoms with Gasteiger partial charge in [0.25, 0.3) is 0 Å². The number of rotatable bonds is 4. The first-order valence-corrected chi connectivity index (χ1v) is 9.59. The maximum absolute atomic E-state index is 2.36. The molecule has 0 saturated carbocycles. The number of hydrogen-bond donors (Lipinski definition) is 0. The number of aryl methyl sites for hydroxylation is 1. The Bertz CT molecular complexity index is 1020. The normalized spacial score (nSPS) is 14.0. The van der Waals surface area contributed by atoms with Crippen molar-refractivity contribution >= 4 is 21.9 Å². The molecule has 0 nitrogen and oxygen atoms in total. The molecule has 0 amide bonds. The van der Waals surface area contributed by atoms with Crippen molar-refractivity contribution in [2.24, 2.45) is 5.92 Å². The molecule has 1 aliphatic carbocycles. The van der Waals surface area contributed by atoms with E-state index in [1.54, 1.807) is 0 Å². The topological polar surface area (TPSA) is 0 Å². The molecule has 0 aliphatic heterocycles. The van der Waals surface area contributed by atoms with Crippen LogP contribution in [-0.2, 0) is 6.42 Å². The third-order valence-corrected chi connectivity index (χ3v) is 5.33. The van der Waals surface area contributed by atoms with Gasteiger partial charge in [-0.15, -0.1) is 0 Å². The van der Waals surface area contributed by atoms with Crippen LogP contribution < -0.4 is 0 Å². The van der Waals surface area contributed by atoms with Crippen molar-refractivity contribution in [3.63, 3.8) is 0 Å². The molecule has 0 radical (unpaired) electrons. The van der Waals surface area contributed by atoms with Crippen LogP contribution in [0.15, 0.2) is 72.8 Å². The maximum atomic E-state index is 2.36. The molecule has 1 aliphatic rings. The van der Waals surface area contributed by atoms with Gasteiger partial charge >= 0.3 is 0 Å². The van der Waals surface area contributed by atoms with Gasteiger partial charge in [-0.25, -0.2) is 0 Å². The lowest BCUT2D eigenvalue weighted by Crippen LogP contribution is -1.97. The highest BCUT2D eigenvalue weighted by molar-refractivity contribution is 5.91. The lowest BCUT2D eigenvalue weighted by atomic mass is 9.93. The molecule has 0 aromatic heterocycles. The summed E-state index contributed by atoms with van der Waals surface area (Å²) < 4.78 is 0. The van der Waals surface area contributed by atoms with Crippen molar-refractivity contribution in [2.45, 2.75) is 33.6 Å². The molecule has 3 aromatic carbocycles. The van der Waals surface area contributed by atoms with Gasteiger partial charge in [0.2, 0.25) is 0 Å². The molecule has 130 valence electrons. The molecule has 0 spiro atoms. The van der Waals surface area contributed by atoms with Crippen molar-refractivity contribution in [2.75, 3.05) is 0 Å². The van der Waals surface area contributed by atoms with E-state index in [2.05, 4.69) is 93.6 Å². The Morgan fingerprint density at radius 1 is 0.769 bits per heavy atom. The summed E-state index contributed by atoms with van der Waals surface area (Å²) in [5.74, 6) is 0.700. The predicted octanol–water partition coefficient (Wildman–Crippen LogP) is 7.22. The molecule has 0 heteroatoms. The Hall–Kier alpha value is -2.60. The second kappa shape index (κ2) is 6.96. The molecule has 0 atom stereocenters. The lowest BCUT2D eigenvalue weighted by Gasteiger charge is -2.12. The van der Waals surface area contributed by atoms with E-state index in [4.69, 9.17) is 0 Å². The van der Waals surface area contributed by atoms with Gasteiger partial charge in [0, 0.05) is 0 Å². The second-order valence-corrected chi connectivity index (χ2v) is 7.86. The van der Waals surface area contributed by atoms with E-state index in [0.717, 1.165) is 12.8 Å². The highest BCUT2D eigenvalue weighted by Gasteiger charge is 2.13. The van der Waals surface area contributed by atoms with Crippen LogP contribution in [0.4, 0.5) is 0 Å². The number of hydrogen-bond acceptors (Lipinski definition) is 0. The molecule has 0 N–H and O–H groups in total. The molecule has 3 aromatic rings. The molecule has 26 heavy (non-hydrogen) atoms. The minimum Gasteiger partial charge on any atom is -0.0625 e. The highest BCUT2D eigenvalue weighted by Crippen LogP contribution is 2.35. The second-order valence-electron chi connectivity index (χ2n) is 7.86. The Morgan fingerprint density at radius 3 is 2.12 bits per heavy atom. The lowest BCUT2D eigenvalue weighted by molar-refractivity contribution is 0.645. The smallest absolute Gasteiger partial charge is 0.00139 e. The van der Waals surface area contributed by atoms with Gasteiger partial charge in [-0.2, -0.15) is 0 Å². The van der Waals surface area contributed by atoms with Crippen LogP contribution in [0.2, 0.25) is 0 Å². The first kappa shape index (κ1) is 16.8. The van der Waals surface area contributed by atoms with E-state index in [-0.39, 0.29) is 0 Å². The van der Waals surface area contributed by atoms with Gasteiger partial charge in [0.15, 0.2) is 0 Å². The van der Waals surface area contributed by atoms with E-state index in [0.29, 0.717) is 5.92 Å². The predicted molar refractivity (Wildman–Crippen MR) is 114 cm³/mol. The molecular formula is C26H26. The number of benzene rings is 3. The summed E-state index contributed by atoms with van der Waals surface area (Å²) in [6.45, 7) is 6.81. The molecule has 0 fully saturated rings. The molecule has 0 heterocycles. The largest absolute Gasteiger partial charge is 0.0625 e. The summed E-state index contributed by atoms with van der Waals surface area (Å²) in [6.07, 6.45) is 6.76. The monoisotopic (exact) mass is 338 g/mol. The number of allylic oxidation sites excluding steroid dienone is 4. The summed E-state index contributed by atoms with van der Waals surface area (Å²) in [7, 11) is 0. The average molecular weight is 338 g/mol. The number of fused-ring (bicyclic) bond motifs is 1. The summed E-state index contributed by atoms with van der Waals surface area (Å²) in [5, 5.41) is 2.62. The van der Waals surface area contributed by atoms with Gasteiger partial charge in [0.05, 0.1) is 0 Å². The first-order chi connectivity index (χ1) is 12.6. The van der Waals surface area contributed by atoms with Crippen LogP contribution in [0.5, 0.6) is 0 Å². The summed E-state index contributed by atoms with van der Waals surface area (Å²) in [4.78, 5) is 0. The first-order valence-electron chi connectivity index (χ1n) is 9.59. The van der Waals surface area contributed by atoms with Crippen LogP contribution in [0.25, 0.3) is 21.9 Å². The zero-order valence-corrected chi connectivity index (χ0v) is 15.9. The minimum absolute atomic E-state index is 0.700. The van der Waals surface area contributed by atoms with Gasteiger partial charge < -0.3 is 0 Å². The minimum atomic E-state index is 0.700. The fraction of sp³-hybridized carbons (Fsp3) is 0.231. The van der Waals surface area contributed by atoms with Gasteiger partial charge in [-0.1, -0.05) is 80.6 Å². The summed E-state index contributed by atoms with van der Waals surface area (Å²) >= 11 is 0. The van der Waals surface area contributed by atoms with Crippen molar-refractivity contribution in [1.82, 2.24) is 0 Å². The summed E-state index contributed by atoms with van der Waals surface area (Å²) in [5.41, 5.74) is 8.42. The van der Waals surface area contributed by atoms with E-state index in [9.17, 15) is 0 Å². The Balaban J connectivity index is 1.54. The fourth-order valence-electron chi connectivity index (χ4n) is 3.87. The van der Waals surface area contributed by atoms with E-state index < -0.39 is 0 Å². The van der Waals surface area contributed by atoms with Crippen LogP contribution in [0, 0.1) is 12.8 Å². The van der Waals surface area contributed by atoms with E-state index in [1.165, 1.54) is 44.2 Å². The van der Waals surface area contributed by atoms with Crippen molar-refractivity contribution in [3.05, 3.63) is 95.1 Å².